The number of hydrogen-bond acceptors (Lipinski definition) is 3. The molecule has 3 nitrogen and oxygen atoms in total. The molecule has 0 unspecified atom stereocenters. The maximum atomic E-state index is 14.2. The van der Waals surface area contributed by atoms with Gasteiger partial charge >= 0.3 is 6.18 Å². The first-order chi connectivity index (χ1) is 13.2. The first-order valence-corrected chi connectivity index (χ1v) is 8.86. The zero-order valence-corrected chi connectivity index (χ0v) is 15.3. The molecule has 28 heavy (non-hydrogen) atoms. The lowest BCUT2D eigenvalue weighted by atomic mass is 10.1. The maximum absolute atomic E-state index is 14.2. The second-order valence-electron chi connectivity index (χ2n) is 5.94. The van der Waals surface area contributed by atoms with Crippen LogP contribution >= 0.6 is 11.3 Å². The Kier molecular flexibility index (Phi) is 5.66. The van der Waals surface area contributed by atoms with Crippen molar-refractivity contribution in [3.8, 4) is 0 Å². The lowest BCUT2D eigenvalue weighted by Gasteiger charge is -2.13. The van der Waals surface area contributed by atoms with Crippen molar-refractivity contribution < 1.29 is 31.5 Å². The summed E-state index contributed by atoms with van der Waals surface area (Å²) in [7, 11) is 1.39. The molecule has 0 spiro atoms. The van der Waals surface area contributed by atoms with Gasteiger partial charge in [-0.05, 0) is 29.8 Å². The minimum absolute atomic E-state index is 0.0337. The van der Waals surface area contributed by atoms with Crippen LogP contribution in [-0.4, -0.2) is 13.0 Å². The molecular formula is C19H14F5NO2S. The van der Waals surface area contributed by atoms with Gasteiger partial charge in [0.2, 0.25) is 0 Å². The number of halogens is 5. The highest BCUT2D eigenvalue weighted by atomic mass is 32.1. The van der Waals surface area contributed by atoms with Gasteiger partial charge in [0.15, 0.2) is 0 Å². The lowest BCUT2D eigenvalue weighted by Crippen LogP contribution is -2.24. The second kappa shape index (κ2) is 7.84. The number of nitrogens with one attached hydrogen (secondary N) is 1. The molecule has 0 saturated heterocycles. The molecule has 0 aliphatic heterocycles. The summed E-state index contributed by atoms with van der Waals surface area (Å²) < 4.78 is 72.2. The first kappa shape index (κ1) is 20.2. The molecule has 1 aromatic heterocycles. The summed E-state index contributed by atoms with van der Waals surface area (Å²) in [6, 6.07) is 6.64. The fourth-order valence-corrected chi connectivity index (χ4v) is 3.99. The van der Waals surface area contributed by atoms with E-state index in [2.05, 4.69) is 5.32 Å². The summed E-state index contributed by atoms with van der Waals surface area (Å²) in [6.07, 6.45) is -4.76. The maximum Gasteiger partial charge on any atom is 0.416 e. The number of carbonyl (C=O) groups excluding carboxylic acids is 1. The van der Waals surface area contributed by atoms with E-state index in [-0.39, 0.29) is 22.4 Å². The van der Waals surface area contributed by atoms with Gasteiger partial charge in [0.25, 0.3) is 5.91 Å². The van der Waals surface area contributed by atoms with Crippen LogP contribution in [0.15, 0.2) is 36.4 Å². The highest BCUT2D eigenvalue weighted by Gasteiger charge is 2.34. The van der Waals surface area contributed by atoms with Crippen LogP contribution in [0, 0.1) is 11.6 Å². The van der Waals surface area contributed by atoms with Gasteiger partial charge in [-0.1, -0.05) is 12.1 Å². The number of amides is 1. The molecule has 0 saturated carbocycles. The van der Waals surface area contributed by atoms with Crippen LogP contribution in [0.25, 0.3) is 10.1 Å². The third-order valence-electron chi connectivity index (χ3n) is 4.07. The molecule has 0 aliphatic carbocycles. The van der Waals surface area contributed by atoms with Gasteiger partial charge in [-0.25, -0.2) is 8.78 Å². The molecule has 0 aliphatic rings. The minimum atomic E-state index is -4.76. The van der Waals surface area contributed by atoms with Gasteiger partial charge in [-0.3, -0.25) is 4.79 Å². The van der Waals surface area contributed by atoms with Crippen molar-refractivity contribution in [3.63, 3.8) is 0 Å². The Hall–Kier alpha value is -2.52. The number of methoxy groups -OCH3 is 1. The number of fused-ring (bicyclic) bond motifs is 1. The van der Waals surface area contributed by atoms with Gasteiger partial charge < -0.3 is 10.1 Å². The van der Waals surface area contributed by atoms with Crippen LogP contribution in [0.2, 0.25) is 0 Å². The molecule has 1 N–H and O–H groups in total. The number of benzene rings is 2. The van der Waals surface area contributed by atoms with E-state index < -0.39 is 35.8 Å². The van der Waals surface area contributed by atoms with Gasteiger partial charge in [0.05, 0.1) is 17.0 Å². The van der Waals surface area contributed by atoms with Gasteiger partial charge in [-0.2, -0.15) is 13.2 Å². The van der Waals surface area contributed by atoms with E-state index in [0.717, 1.165) is 23.5 Å². The second-order valence-corrected chi connectivity index (χ2v) is 6.99. The quantitative estimate of drug-likeness (QED) is 0.577. The molecule has 148 valence electrons. The summed E-state index contributed by atoms with van der Waals surface area (Å²) in [5, 5.41) is 2.64. The van der Waals surface area contributed by atoms with Crippen molar-refractivity contribution >= 4 is 27.3 Å². The van der Waals surface area contributed by atoms with E-state index in [1.54, 1.807) is 6.07 Å². The molecule has 9 heteroatoms. The SMILES string of the molecule is COCc1c(C(=O)NCc2ccc(F)cc2C(F)(F)F)sc2cccc(F)c12. The van der Waals surface area contributed by atoms with E-state index >= 15 is 0 Å². The predicted octanol–water partition coefficient (Wildman–Crippen LogP) is 5.27. The van der Waals surface area contributed by atoms with Gasteiger partial charge in [0.1, 0.15) is 11.6 Å². The van der Waals surface area contributed by atoms with Crippen LogP contribution in [0.3, 0.4) is 0 Å². The molecule has 0 fully saturated rings. The molecule has 3 aromatic rings. The van der Waals surface area contributed by atoms with E-state index in [1.165, 1.54) is 19.2 Å². The van der Waals surface area contributed by atoms with Crippen molar-refractivity contribution in [2.45, 2.75) is 19.3 Å². The summed E-state index contributed by atoms with van der Waals surface area (Å²) in [4.78, 5) is 12.7. The summed E-state index contributed by atoms with van der Waals surface area (Å²) >= 11 is 1.02. The number of carbonyl (C=O) groups is 1. The Balaban J connectivity index is 1.91. The molecule has 1 heterocycles. The predicted molar refractivity (Wildman–Crippen MR) is 95.1 cm³/mol. The van der Waals surface area contributed by atoms with Crippen LogP contribution in [0.5, 0.6) is 0 Å². The molecule has 2 aromatic carbocycles. The molecule has 1 amide bonds. The zero-order chi connectivity index (χ0) is 20.5. The molecule has 0 radical (unpaired) electrons. The third kappa shape index (κ3) is 4.00. The fourth-order valence-electron chi connectivity index (χ4n) is 2.86. The minimum Gasteiger partial charge on any atom is -0.380 e. The Labute approximate surface area is 160 Å². The van der Waals surface area contributed by atoms with Crippen LogP contribution in [0.4, 0.5) is 22.0 Å². The lowest BCUT2D eigenvalue weighted by molar-refractivity contribution is -0.138. The summed E-state index contributed by atoms with van der Waals surface area (Å²) in [5.74, 6) is -2.20. The first-order valence-electron chi connectivity index (χ1n) is 8.05. The summed E-state index contributed by atoms with van der Waals surface area (Å²) in [6.45, 7) is -0.495. The molecule has 0 atom stereocenters. The van der Waals surface area contributed by atoms with Crippen molar-refractivity contribution in [1.82, 2.24) is 5.32 Å². The molecular weight excluding hydrogens is 401 g/mol. The number of thiophene rings is 1. The smallest absolute Gasteiger partial charge is 0.380 e. The normalized spacial score (nSPS) is 11.8. The number of ether oxygens (including phenoxy) is 1. The van der Waals surface area contributed by atoms with Crippen LogP contribution < -0.4 is 5.32 Å². The van der Waals surface area contributed by atoms with E-state index in [4.69, 9.17) is 4.74 Å². The number of hydrogen-bond donors (Lipinski definition) is 1. The summed E-state index contributed by atoms with van der Waals surface area (Å²) in [5.41, 5.74) is -1.11. The van der Waals surface area contributed by atoms with E-state index in [0.29, 0.717) is 16.3 Å². The largest absolute Gasteiger partial charge is 0.416 e. The van der Waals surface area contributed by atoms with Crippen LogP contribution in [0.1, 0.15) is 26.4 Å². The Morgan fingerprint density at radius 3 is 2.61 bits per heavy atom. The Morgan fingerprint density at radius 2 is 1.93 bits per heavy atom. The van der Waals surface area contributed by atoms with Crippen molar-refractivity contribution in [1.29, 1.82) is 0 Å². The average molecular weight is 415 g/mol. The van der Waals surface area contributed by atoms with E-state index in [9.17, 15) is 26.7 Å². The third-order valence-corrected chi connectivity index (χ3v) is 5.27. The van der Waals surface area contributed by atoms with Crippen LogP contribution in [-0.2, 0) is 24.1 Å². The highest BCUT2D eigenvalue weighted by Crippen LogP contribution is 2.35. The molecule has 3 rings (SSSR count). The van der Waals surface area contributed by atoms with Crippen molar-refractivity contribution in [2.24, 2.45) is 0 Å². The van der Waals surface area contributed by atoms with Gasteiger partial charge in [0, 0.05) is 29.3 Å². The van der Waals surface area contributed by atoms with E-state index in [1.807, 2.05) is 0 Å². The number of alkyl halides is 3. The monoisotopic (exact) mass is 415 g/mol. The van der Waals surface area contributed by atoms with Gasteiger partial charge in [-0.15, -0.1) is 11.3 Å². The zero-order valence-electron chi connectivity index (χ0n) is 14.5. The molecule has 0 bridgehead atoms. The van der Waals surface area contributed by atoms with Crippen molar-refractivity contribution in [2.75, 3.05) is 7.11 Å². The Morgan fingerprint density at radius 1 is 1.18 bits per heavy atom. The fraction of sp³-hybridized carbons (Fsp3) is 0.211. The number of rotatable bonds is 5. The van der Waals surface area contributed by atoms with Crippen molar-refractivity contribution in [3.05, 3.63) is 69.6 Å². The highest BCUT2D eigenvalue weighted by molar-refractivity contribution is 7.21. The standard InChI is InChI=1S/C19H14F5NO2S/c1-27-9-12-16-14(21)3-2-4-15(16)28-17(12)18(26)25-8-10-5-6-11(20)7-13(10)19(22,23)24/h2-7H,8-9H2,1H3,(H,25,26). The Bertz CT molecular complexity index is 1030. The average Bonchev–Trinajstić information content (AvgIpc) is 3.00. The topological polar surface area (TPSA) is 38.3 Å².